The first-order valence-electron chi connectivity index (χ1n) is 30.5. The van der Waals surface area contributed by atoms with Crippen molar-refractivity contribution in [1.29, 1.82) is 0 Å². The zero-order valence-corrected chi connectivity index (χ0v) is 45.9. The molecule has 0 aromatic heterocycles. The number of allylic oxidation sites excluding steroid dienone is 6. The molecule has 1 N–H and O–H groups in total. The molecule has 0 aromatic carbocycles. The van der Waals surface area contributed by atoms with Crippen LogP contribution in [0.15, 0.2) is 36.5 Å². The van der Waals surface area contributed by atoms with E-state index < -0.39 is 6.10 Å². The Labute approximate surface area is 425 Å². The molecule has 0 radical (unpaired) electrons. The van der Waals surface area contributed by atoms with Gasteiger partial charge in [0.25, 0.3) is 0 Å². The number of unbranched alkanes of at least 4 members (excludes halogenated alkanes) is 43. The lowest BCUT2D eigenvalue weighted by Crippen LogP contribution is -2.28. The number of hydrogen-bond acceptors (Lipinski definition) is 5. The number of carbonyl (C=O) groups excluding carboxylic acids is 2. The van der Waals surface area contributed by atoms with Crippen molar-refractivity contribution in [2.75, 3.05) is 13.2 Å². The average molecular weight is 956 g/mol. The molecule has 0 aromatic rings. The first-order chi connectivity index (χ1) is 33.6. The minimum atomic E-state index is -0.778. The lowest BCUT2D eigenvalue weighted by atomic mass is 10.0. The normalized spacial score (nSPS) is 12.3. The summed E-state index contributed by atoms with van der Waals surface area (Å²) in [6, 6.07) is 0. The van der Waals surface area contributed by atoms with Gasteiger partial charge in [-0.1, -0.05) is 307 Å². The lowest BCUT2D eigenvalue weighted by Gasteiger charge is -2.15. The summed E-state index contributed by atoms with van der Waals surface area (Å²) in [7, 11) is 0. The fourth-order valence-electron chi connectivity index (χ4n) is 9.33. The lowest BCUT2D eigenvalue weighted by molar-refractivity contribution is -0.161. The second-order valence-electron chi connectivity index (χ2n) is 20.8. The Morgan fingerprint density at radius 1 is 0.338 bits per heavy atom. The van der Waals surface area contributed by atoms with E-state index in [-0.39, 0.29) is 25.2 Å². The molecule has 0 aliphatic carbocycles. The molecule has 0 aliphatic heterocycles. The van der Waals surface area contributed by atoms with Gasteiger partial charge in [0.1, 0.15) is 6.61 Å². The van der Waals surface area contributed by atoms with Crippen molar-refractivity contribution in [1.82, 2.24) is 0 Å². The molecule has 0 heterocycles. The predicted octanol–water partition coefficient (Wildman–Crippen LogP) is 20.6. The molecule has 0 saturated heterocycles. The molecule has 5 heteroatoms. The minimum absolute atomic E-state index is 0.0674. The van der Waals surface area contributed by atoms with Gasteiger partial charge in [0.2, 0.25) is 0 Å². The number of hydrogen-bond donors (Lipinski definition) is 1. The SMILES string of the molecule is CCCCC/C=C\C/C=C\C/C=C\CCCCCCCCC(=O)OC(CO)COC(=O)CCCCCCCCCCCCCCCCCCCCCCCCCCCCCCCCCCCCC. The standard InChI is InChI=1S/C63H118O5/c1-3-5-7-9-11-13-15-17-19-21-23-24-25-26-27-28-29-30-31-32-33-34-35-36-37-38-40-41-43-45-47-49-51-53-55-57-62(65)67-60-61(59-64)68-63(66)58-56-54-52-50-48-46-44-42-39-22-20-18-16-14-12-10-8-6-4-2/h12,14,18,20,39,42,61,64H,3-11,13,15-17,19,21-38,40-41,43-60H2,1-2H3/b14-12-,20-18-,42-39-. The Bertz CT molecular complexity index is 1080. The second kappa shape index (κ2) is 59.4. The Morgan fingerprint density at radius 2 is 0.588 bits per heavy atom. The van der Waals surface area contributed by atoms with Crippen LogP contribution in [0.5, 0.6) is 0 Å². The van der Waals surface area contributed by atoms with Crippen LogP contribution in [0.3, 0.4) is 0 Å². The van der Waals surface area contributed by atoms with Crippen LogP contribution < -0.4 is 0 Å². The van der Waals surface area contributed by atoms with Crippen molar-refractivity contribution < 1.29 is 24.2 Å². The topological polar surface area (TPSA) is 72.8 Å². The Kier molecular flexibility index (Phi) is 57.8. The molecule has 0 aliphatic rings. The molecule has 0 bridgehead atoms. The van der Waals surface area contributed by atoms with Gasteiger partial charge in [-0.25, -0.2) is 0 Å². The smallest absolute Gasteiger partial charge is 0.306 e. The van der Waals surface area contributed by atoms with E-state index >= 15 is 0 Å². The average Bonchev–Trinajstić information content (AvgIpc) is 3.34. The summed E-state index contributed by atoms with van der Waals surface area (Å²) in [5.41, 5.74) is 0. The van der Waals surface area contributed by atoms with Crippen molar-refractivity contribution >= 4 is 11.9 Å². The van der Waals surface area contributed by atoms with Crippen LogP contribution in [0, 0.1) is 0 Å². The number of esters is 2. The van der Waals surface area contributed by atoms with Crippen molar-refractivity contribution in [3.63, 3.8) is 0 Å². The maximum atomic E-state index is 12.3. The number of ether oxygens (including phenoxy) is 2. The van der Waals surface area contributed by atoms with E-state index in [0.29, 0.717) is 12.8 Å². The third-order valence-electron chi connectivity index (χ3n) is 13.9. The van der Waals surface area contributed by atoms with Gasteiger partial charge >= 0.3 is 11.9 Å². The molecule has 0 fully saturated rings. The van der Waals surface area contributed by atoms with E-state index in [0.717, 1.165) is 57.8 Å². The Hall–Kier alpha value is -1.88. The van der Waals surface area contributed by atoms with Crippen LogP contribution >= 0.6 is 0 Å². The highest BCUT2D eigenvalue weighted by Crippen LogP contribution is 2.18. The van der Waals surface area contributed by atoms with Gasteiger partial charge in [-0.3, -0.25) is 9.59 Å². The fourth-order valence-corrected chi connectivity index (χ4v) is 9.33. The van der Waals surface area contributed by atoms with E-state index in [1.807, 2.05) is 0 Å². The summed E-state index contributed by atoms with van der Waals surface area (Å²) < 4.78 is 10.7. The van der Waals surface area contributed by atoms with E-state index in [1.165, 1.54) is 250 Å². The third-order valence-corrected chi connectivity index (χ3v) is 13.9. The third kappa shape index (κ3) is 56.7. The van der Waals surface area contributed by atoms with Crippen molar-refractivity contribution in [3.8, 4) is 0 Å². The highest BCUT2D eigenvalue weighted by molar-refractivity contribution is 5.70. The predicted molar refractivity (Wildman–Crippen MR) is 298 cm³/mol. The molecular weight excluding hydrogens is 837 g/mol. The van der Waals surface area contributed by atoms with Gasteiger partial charge in [0, 0.05) is 12.8 Å². The molecule has 0 saturated carbocycles. The van der Waals surface area contributed by atoms with Crippen LogP contribution in [-0.2, 0) is 19.1 Å². The number of rotatable bonds is 57. The molecule has 400 valence electrons. The number of carbonyl (C=O) groups is 2. The molecule has 1 atom stereocenters. The van der Waals surface area contributed by atoms with Gasteiger partial charge in [0.05, 0.1) is 6.61 Å². The number of aliphatic hydroxyl groups excluding tert-OH is 1. The van der Waals surface area contributed by atoms with Crippen LogP contribution in [0.2, 0.25) is 0 Å². The molecule has 1 unspecified atom stereocenters. The monoisotopic (exact) mass is 955 g/mol. The summed E-state index contributed by atoms with van der Waals surface area (Å²) in [5.74, 6) is -0.590. The zero-order valence-electron chi connectivity index (χ0n) is 45.9. The molecule has 68 heavy (non-hydrogen) atoms. The second-order valence-corrected chi connectivity index (χ2v) is 20.8. The molecule has 0 amide bonds. The van der Waals surface area contributed by atoms with Gasteiger partial charge in [0.15, 0.2) is 6.10 Å². The summed E-state index contributed by atoms with van der Waals surface area (Å²) in [6.45, 7) is 4.15. The largest absolute Gasteiger partial charge is 0.462 e. The van der Waals surface area contributed by atoms with Crippen LogP contribution in [0.4, 0.5) is 0 Å². The fraction of sp³-hybridized carbons (Fsp3) is 0.873. The van der Waals surface area contributed by atoms with Crippen LogP contribution in [-0.4, -0.2) is 36.4 Å². The maximum absolute atomic E-state index is 12.3. The molecule has 5 nitrogen and oxygen atoms in total. The Balaban J connectivity index is 3.39. The van der Waals surface area contributed by atoms with Crippen molar-refractivity contribution in [2.45, 2.75) is 341 Å². The van der Waals surface area contributed by atoms with E-state index in [4.69, 9.17) is 9.47 Å². The highest BCUT2D eigenvalue weighted by Gasteiger charge is 2.16. The first-order valence-corrected chi connectivity index (χ1v) is 30.5. The Morgan fingerprint density at radius 3 is 0.912 bits per heavy atom. The first kappa shape index (κ1) is 66.1. The van der Waals surface area contributed by atoms with Crippen molar-refractivity contribution in [3.05, 3.63) is 36.5 Å². The van der Waals surface area contributed by atoms with Crippen LogP contribution in [0.1, 0.15) is 335 Å². The zero-order chi connectivity index (χ0) is 49.2. The van der Waals surface area contributed by atoms with Crippen molar-refractivity contribution in [2.24, 2.45) is 0 Å². The summed E-state index contributed by atoms with van der Waals surface area (Å²) in [4.78, 5) is 24.5. The van der Waals surface area contributed by atoms with Gasteiger partial charge < -0.3 is 14.6 Å². The quantitative estimate of drug-likeness (QED) is 0.0374. The molecule has 0 rings (SSSR count). The highest BCUT2D eigenvalue weighted by atomic mass is 16.6. The summed E-state index contributed by atoms with van der Waals surface area (Å²) in [5, 5.41) is 9.65. The number of aliphatic hydroxyl groups is 1. The maximum Gasteiger partial charge on any atom is 0.306 e. The van der Waals surface area contributed by atoms with E-state index in [2.05, 4.69) is 50.3 Å². The van der Waals surface area contributed by atoms with E-state index in [9.17, 15) is 14.7 Å². The summed E-state index contributed by atoms with van der Waals surface area (Å²) >= 11 is 0. The minimum Gasteiger partial charge on any atom is -0.462 e. The van der Waals surface area contributed by atoms with Gasteiger partial charge in [-0.15, -0.1) is 0 Å². The van der Waals surface area contributed by atoms with Gasteiger partial charge in [-0.05, 0) is 51.4 Å². The molecular formula is C63H118O5. The van der Waals surface area contributed by atoms with Crippen LogP contribution in [0.25, 0.3) is 0 Å². The summed E-state index contributed by atoms with van der Waals surface area (Å²) in [6.07, 6.45) is 77.2. The molecule has 0 spiro atoms. The van der Waals surface area contributed by atoms with E-state index in [1.54, 1.807) is 0 Å². The van der Waals surface area contributed by atoms with Gasteiger partial charge in [-0.2, -0.15) is 0 Å².